The maximum atomic E-state index is 11.9. The molecule has 1 aliphatic heterocycles. The van der Waals surface area contributed by atoms with Gasteiger partial charge in [0, 0.05) is 12.6 Å². The van der Waals surface area contributed by atoms with Crippen LogP contribution in [0.2, 0.25) is 0 Å². The first-order valence-corrected chi connectivity index (χ1v) is 6.80. The van der Waals surface area contributed by atoms with Crippen LogP contribution in [0.3, 0.4) is 0 Å². The molecule has 0 aromatic carbocycles. The number of rotatable bonds is 4. The molecule has 1 rings (SSSR count). The van der Waals surface area contributed by atoms with Crippen molar-refractivity contribution in [2.45, 2.75) is 45.2 Å². The zero-order valence-electron chi connectivity index (χ0n) is 9.51. The lowest BCUT2D eigenvalue weighted by atomic mass is 10.1. The quantitative estimate of drug-likeness (QED) is 0.744. The van der Waals surface area contributed by atoms with Gasteiger partial charge in [0.2, 0.25) is 0 Å². The average molecular weight is 250 g/mol. The molecule has 1 atom stereocenters. The summed E-state index contributed by atoms with van der Waals surface area (Å²) in [6.45, 7) is 3.69. The minimum atomic E-state index is -3.67. The molecule has 1 saturated heterocycles. The van der Waals surface area contributed by atoms with Crippen LogP contribution in [0.25, 0.3) is 0 Å². The molecule has 6 nitrogen and oxygen atoms in total. The third kappa shape index (κ3) is 3.16. The number of carboxylic acid groups (broad SMARTS) is 1. The molecular weight excluding hydrogens is 232 g/mol. The summed E-state index contributed by atoms with van der Waals surface area (Å²) in [5, 5.41) is 8.97. The van der Waals surface area contributed by atoms with Crippen LogP contribution in [0.5, 0.6) is 0 Å². The summed E-state index contributed by atoms with van der Waals surface area (Å²) in [5.74, 6) is -1.08. The first kappa shape index (κ1) is 13.4. The van der Waals surface area contributed by atoms with E-state index in [4.69, 9.17) is 5.11 Å². The number of nitrogens with zero attached hydrogens (tertiary/aromatic N) is 1. The maximum absolute atomic E-state index is 11.9. The van der Waals surface area contributed by atoms with Gasteiger partial charge in [-0.15, -0.1) is 0 Å². The molecule has 94 valence electrons. The van der Waals surface area contributed by atoms with Gasteiger partial charge in [-0.2, -0.15) is 17.4 Å². The van der Waals surface area contributed by atoms with Gasteiger partial charge in [-0.05, 0) is 33.1 Å². The van der Waals surface area contributed by atoms with Gasteiger partial charge in [0.15, 0.2) is 0 Å². The third-order valence-corrected chi connectivity index (χ3v) is 4.26. The molecule has 16 heavy (non-hydrogen) atoms. The van der Waals surface area contributed by atoms with E-state index in [9.17, 15) is 13.2 Å². The topological polar surface area (TPSA) is 86.7 Å². The fourth-order valence-corrected chi connectivity index (χ4v) is 3.44. The van der Waals surface area contributed by atoms with Crippen LogP contribution in [0.15, 0.2) is 0 Å². The van der Waals surface area contributed by atoms with Crippen LogP contribution >= 0.6 is 0 Å². The SMILES string of the molecule is CC(C)NS(=O)(=O)N1CCCCC1C(=O)O. The Hall–Kier alpha value is -0.660. The molecule has 0 saturated carbocycles. The van der Waals surface area contributed by atoms with E-state index in [1.807, 2.05) is 0 Å². The van der Waals surface area contributed by atoms with E-state index in [1.54, 1.807) is 13.8 Å². The number of piperidine rings is 1. The molecule has 2 N–H and O–H groups in total. The summed E-state index contributed by atoms with van der Waals surface area (Å²) < 4.78 is 27.2. The van der Waals surface area contributed by atoms with E-state index in [0.29, 0.717) is 12.8 Å². The Balaban J connectivity index is 2.86. The number of aliphatic carboxylic acids is 1. The van der Waals surface area contributed by atoms with Gasteiger partial charge in [-0.1, -0.05) is 0 Å². The van der Waals surface area contributed by atoms with Crippen LogP contribution in [-0.2, 0) is 15.0 Å². The molecule has 0 bridgehead atoms. The predicted octanol–water partition coefficient (Wildman–Crippen LogP) is 0.168. The fourth-order valence-electron chi connectivity index (χ4n) is 1.81. The molecule has 1 aliphatic rings. The summed E-state index contributed by atoms with van der Waals surface area (Å²) >= 11 is 0. The van der Waals surface area contributed by atoms with Crippen molar-refractivity contribution < 1.29 is 18.3 Å². The molecule has 0 amide bonds. The van der Waals surface area contributed by atoms with Gasteiger partial charge in [0.1, 0.15) is 6.04 Å². The first-order valence-electron chi connectivity index (χ1n) is 5.36. The molecule has 0 spiro atoms. The molecule has 1 heterocycles. The molecule has 0 radical (unpaired) electrons. The zero-order chi connectivity index (χ0) is 12.3. The van der Waals surface area contributed by atoms with Crippen LogP contribution in [0, 0.1) is 0 Å². The van der Waals surface area contributed by atoms with Gasteiger partial charge in [-0.25, -0.2) is 0 Å². The summed E-state index contributed by atoms with van der Waals surface area (Å²) in [4.78, 5) is 11.0. The van der Waals surface area contributed by atoms with Crippen LogP contribution < -0.4 is 4.72 Å². The summed E-state index contributed by atoms with van der Waals surface area (Å²) in [6, 6.07) is -1.16. The van der Waals surface area contributed by atoms with E-state index in [2.05, 4.69) is 4.72 Å². The lowest BCUT2D eigenvalue weighted by Gasteiger charge is -2.32. The summed E-state index contributed by atoms with van der Waals surface area (Å²) in [6.07, 6.45) is 1.85. The molecule has 1 unspecified atom stereocenters. The van der Waals surface area contributed by atoms with Crippen LogP contribution in [0.1, 0.15) is 33.1 Å². The van der Waals surface area contributed by atoms with E-state index in [0.717, 1.165) is 10.7 Å². The lowest BCUT2D eigenvalue weighted by Crippen LogP contribution is -2.53. The minimum absolute atomic E-state index is 0.235. The second-order valence-corrected chi connectivity index (χ2v) is 5.89. The summed E-state index contributed by atoms with van der Waals surface area (Å²) in [5.41, 5.74) is 0. The Morgan fingerprint density at radius 2 is 2.06 bits per heavy atom. The molecule has 1 fully saturated rings. The third-order valence-electron chi connectivity index (χ3n) is 2.43. The van der Waals surface area contributed by atoms with Gasteiger partial charge in [0.25, 0.3) is 10.2 Å². The van der Waals surface area contributed by atoms with Crippen molar-refractivity contribution in [3.05, 3.63) is 0 Å². The van der Waals surface area contributed by atoms with Crippen LogP contribution in [0.4, 0.5) is 0 Å². The van der Waals surface area contributed by atoms with Gasteiger partial charge in [0.05, 0.1) is 0 Å². The average Bonchev–Trinajstić information content (AvgIpc) is 2.15. The van der Waals surface area contributed by atoms with E-state index >= 15 is 0 Å². The second kappa shape index (κ2) is 5.11. The Kier molecular flexibility index (Phi) is 4.28. The highest BCUT2D eigenvalue weighted by Gasteiger charge is 2.36. The van der Waals surface area contributed by atoms with Crippen molar-refractivity contribution in [1.29, 1.82) is 0 Å². The molecule has 0 aromatic rings. The normalized spacial score (nSPS) is 23.6. The number of nitrogens with one attached hydrogen (secondary N) is 1. The largest absolute Gasteiger partial charge is 0.480 e. The number of carbonyl (C=O) groups is 1. The van der Waals surface area contributed by atoms with Crippen LogP contribution in [-0.4, -0.2) is 42.4 Å². The van der Waals surface area contributed by atoms with Gasteiger partial charge >= 0.3 is 5.97 Å². The van der Waals surface area contributed by atoms with E-state index in [1.165, 1.54) is 0 Å². The summed E-state index contributed by atoms with van der Waals surface area (Å²) in [7, 11) is -3.67. The Morgan fingerprint density at radius 1 is 1.44 bits per heavy atom. The molecule has 0 aliphatic carbocycles. The van der Waals surface area contributed by atoms with Crippen molar-refractivity contribution in [2.75, 3.05) is 6.54 Å². The van der Waals surface area contributed by atoms with E-state index < -0.39 is 22.2 Å². The minimum Gasteiger partial charge on any atom is -0.480 e. The fraction of sp³-hybridized carbons (Fsp3) is 0.889. The van der Waals surface area contributed by atoms with E-state index in [-0.39, 0.29) is 12.6 Å². The lowest BCUT2D eigenvalue weighted by molar-refractivity contribution is -0.142. The number of hydrogen-bond acceptors (Lipinski definition) is 3. The van der Waals surface area contributed by atoms with Crippen molar-refractivity contribution >= 4 is 16.2 Å². The number of hydrogen-bond donors (Lipinski definition) is 2. The standard InChI is InChI=1S/C9H18N2O4S/c1-7(2)10-16(14,15)11-6-4-3-5-8(11)9(12)13/h7-8,10H,3-6H2,1-2H3,(H,12,13). The highest BCUT2D eigenvalue weighted by atomic mass is 32.2. The Morgan fingerprint density at radius 3 is 2.56 bits per heavy atom. The van der Waals surface area contributed by atoms with Crippen molar-refractivity contribution in [1.82, 2.24) is 9.03 Å². The Bertz CT molecular complexity index is 353. The second-order valence-electron chi connectivity index (χ2n) is 4.24. The molecular formula is C9H18N2O4S. The van der Waals surface area contributed by atoms with Gasteiger partial charge in [-0.3, -0.25) is 4.79 Å². The van der Waals surface area contributed by atoms with Gasteiger partial charge < -0.3 is 5.11 Å². The molecule has 0 aromatic heterocycles. The number of carboxylic acids is 1. The highest BCUT2D eigenvalue weighted by Crippen LogP contribution is 2.20. The Labute approximate surface area is 95.8 Å². The predicted molar refractivity (Wildman–Crippen MR) is 59.2 cm³/mol. The smallest absolute Gasteiger partial charge is 0.322 e. The van der Waals surface area contributed by atoms with Crippen molar-refractivity contribution in [3.8, 4) is 0 Å². The monoisotopic (exact) mass is 250 g/mol. The highest BCUT2D eigenvalue weighted by molar-refractivity contribution is 7.87. The van der Waals surface area contributed by atoms with Crippen molar-refractivity contribution in [2.24, 2.45) is 0 Å². The molecule has 7 heteroatoms. The van der Waals surface area contributed by atoms with Crippen molar-refractivity contribution in [3.63, 3.8) is 0 Å². The maximum Gasteiger partial charge on any atom is 0.322 e. The first-order chi connectivity index (χ1) is 7.34. The zero-order valence-corrected chi connectivity index (χ0v) is 10.3.